The van der Waals surface area contributed by atoms with Gasteiger partial charge in [0.25, 0.3) is 0 Å². The van der Waals surface area contributed by atoms with Gasteiger partial charge in [-0.3, -0.25) is 9.78 Å². The lowest BCUT2D eigenvalue weighted by Gasteiger charge is -2.21. The van der Waals surface area contributed by atoms with E-state index in [0.29, 0.717) is 17.3 Å². The zero-order chi connectivity index (χ0) is 17.2. The molecule has 0 spiro atoms. The summed E-state index contributed by atoms with van der Waals surface area (Å²) in [7, 11) is 0. The fourth-order valence-electron chi connectivity index (χ4n) is 3.35. The lowest BCUT2D eigenvalue weighted by atomic mass is 9.90. The van der Waals surface area contributed by atoms with Crippen molar-refractivity contribution in [2.45, 2.75) is 44.7 Å². The van der Waals surface area contributed by atoms with Crippen LogP contribution < -0.4 is 4.90 Å². The monoisotopic (exact) mass is 324 g/mol. The molecule has 124 valence electrons. The second-order valence-corrected chi connectivity index (χ2v) is 7.06. The number of carbonyl (C=O) groups excluding carboxylic acids is 1. The Morgan fingerprint density at radius 2 is 2.13 bits per heavy atom. The lowest BCUT2D eigenvalue weighted by Crippen LogP contribution is -2.41. The van der Waals surface area contributed by atoms with Crippen molar-refractivity contribution in [3.05, 3.63) is 35.7 Å². The molecule has 0 N–H and O–H groups in total. The third-order valence-corrected chi connectivity index (χ3v) is 4.74. The van der Waals surface area contributed by atoms with Crippen LogP contribution >= 0.6 is 0 Å². The molecule has 1 fully saturated rings. The largest absolute Gasteiger partial charge is 0.406 e. The van der Waals surface area contributed by atoms with Gasteiger partial charge >= 0.3 is 6.18 Å². The molecule has 1 aliphatic carbocycles. The highest BCUT2D eigenvalue weighted by Crippen LogP contribution is 2.52. The molecule has 3 nitrogen and oxygen atoms in total. The average molecular weight is 324 g/mol. The standard InChI is InChI=1S/C17H19F3N2O/c1-9(2)11-6-12(11)10-5-13-14(21-7-10)16(3,4)15(23)22(13)8-17(18,19)20/h5,7,11-12H,1,6,8H2,2-4H3/t11-,12-/m1/s1. The number of allylic oxidation sites excluding steroid dienone is 1. The molecule has 2 aliphatic rings. The van der Waals surface area contributed by atoms with Crippen LogP contribution in [0.15, 0.2) is 24.4 Å². The number of hydrogen-bond acceptors (Lipinski definition) is 2. The van der Waals surface area contributed by atoms with Crippen molar-refractivity contribution >= 4 is 11.6 Å². The first kappa shape index (κ1) is 16.0. The van der Waals surface area contributed by atoms with Gasteiger partial charge < -0.3 is 4.90 Å². The van der Waals surface area contributed by atoms with E-state index in [-0.39, 0.29) is 5.92 Å². The Morgan fingerprint density at radius 3 is 2.65 bits per heavy atom. The van der Waals surface area contributed by atoms with Crippen LogP contribution in [0, 0.1) is 5.92 Å². The van der Waals surface area contributed by atoms with E-state index in [4.69, 9.17) is 0 Å². The number of aromatic nitrogens is 1. The minimum Gasteiger partial charge on any atom is -0.301 e. The third-order valence-electron chi connectivity index (χ3n) is 4.74. The van der Waals surface area contributed by atoms with Crippen LogP contribution in [-0.2, 0) is 10.2 Å². The summed E-state index contributed by atoms with van der Waals surface area (Å²) in [5.41, 5.74) is 1.63. The van der Waals surface area contributed by atoms with Crippen LogP contribution in [0.3, 0.4) is 0 Å². The second kappa shape index (κ2) is 4.82. The van der Waals surface area contributed by atoms with Gasteiger partial charge in [0, 0.05) is 6.20 Å². The first-order valence-corrected chi connectivity index (χ1v) is 7.57. The van der Waals surface area contributed by atoms with E-state index in [1.807, 2.05) is 6.92 Å². The molecule has 2 heterocycles. The molecule has 2 atom stereocenters. The molecule has 1 aromatic heterocycles. The maximum atomic E-state index is 12.8. The van der Waals surface area contributed by atoms with Gasteiger partial charge in [0.2, 0.25) is 5.91 Å². The molecule has 1 saturated carbocycles. The summed E-state index contributed by atoms with van der Waals surface area (Å²) in [5, 5.41) is 0. The smallest absolute Gasteiger partial charge is 0.301 e. The molecule has 1 aromatic rings. The Morgan fingerprint density at radius 1 is 1.48 bits per heavy atom. The number of pyridine rings is 1. The SMILES string of the molecule is C=C(C)[C@H]1C[C@@H]1c1cnc2c(c1)N(CC(F)(F)F)C(=O)C2(C)C. The molecule has 23 heavy (non-hydrogen) atoms. The zero-order valence-electron chi connectivity index (χ0n) is 13.4. The van der Waals surface area contributed by atoms with Crippen LogP contribution in [0.5, 0.6) is 0 Å². The van der Waals surface area contributed by atoms with Gasteiger partial charge in [-0.15, -0.1) is 0 Å². The Kier molecular flexibility index (Phi) is 3.36. The van der Waals surface area contributed by atoms with Gasteiger partial charge in [-0.2, -0.15) is 13.2 Å². The number of alkyl halides is 3. The highest BCUT2D eigenvalue weighted by atomic mass is 19.4. The molecule has 0 unspecified atom stereocenters. The van der Waals surface area contributed by atoms with Crippen LogP contribution in [0.4, 0.5) is 18.9 Å². The minimum absolute atomic E-state index is 0.247. The Balaban J connectivity index is 1.99. The number of nitrogens with zero attached hydrogens (tertiary/aromatic N) is 2. The highest BCUT2D eigenvalue weighted by molar-refractivity contribution is 6.07. The average Bonchev–Trinajstić information content (AvgIpc) is 3.19. The Hall–Kier alpha value is -1.85. The topological polar surface area (TPSA) is 33.2 Å². The second-order valence-electron chi connectivity index (χ2n) is 7.06. The van der Waals surface area contributed by atoms with Crippen molar-refractivity contribution in [1.82, 2.24) is 4.98 Å². The summed E-state index contributed by atoms with van der Waals surface area (Å²) in [6.45, 7) is 7.84. The van der Waals surface area contributed by atoms with Crippen molar-refractivity contribution in [3.63, 3.8) is 0 Å². The summed E-state index contributed by atoms with van der Waals surface area (Å²) < 4.78 is 38.5. The van der Waals surface area contributed by atoms with Gasteiger partial charge in [-0.1, -0.05) is 12.2 Å². The molecular formula is C17H19F3N2O. The molecule has 0 saturated heterocycles. The van der Waals surface area contributed by atoms with E-state index in [9.17, 15) is 18.0 Å². The number of hydrogen-bond donors (Lipinski definition) is 0. The van der Waals surface area contributed by atoms with E-state index >= 15 is 0 Å². The molecule has 1 amide bonds. The fourth-order valence-corrected chi connectivity index (χ4v) is 3.35. The molecule has 1 aliphatic heterocycles. The number of anilines is 1. The number of carbonyl (C=O) groups is 1. The highest BCUT2D eigenvalue weighted by Gasteiger charge is 2.49. The number of halogens is 3. The summed E-state index contributed by atoms with van der Waals surface area (Å²) in [4.78, 5) is 17.6. The van der Waals surface area contributed by atoms with E-state index in [0.717, 1.165) is 22.5 Å². The van der Waals surface area contributed by atoms with Crippen LogP contribution in [0.1, 0.15) is 44.4 Å². The number of amides is 1. The predicted octanol–water partition coefficient (Wildman–Crippen LogP) is 3.95. The van der Waals surface area contributed by atoms with Gasteiger partial charge in [-0.05, 0) is 50.7 Å². The van der Waals surface area contributed by atoms with Crippen molar-refractivity contribution in [2.75, 3.05) is 11.4 Å². The molecule has 0 radical (unpaired) electrons. The maximum absolute atomic E-state index is 12.8. The number of fused-ring (bicyclic) bond motifs is 1. The lowest BCUT2D eigenvalue weighted by molar-refractivity contribution is -0.134. The fraction of sp³-hybridized carbons (Fsp3) is 0.529. The normalized spacial score (nSPS) is 25.5. The molecule has 0 bridgehead atoms. The number of rotatable bonds is 3. The van der Waals surface area contributed by atoms with Crippen molar-refractivity contribution in [2.24, 2.45) is 5.92 Å². The predicted molar refractivity (Wildman–Crippen MR) is 81.3 cm³/mol. The first-order valence-electron chi connectivity index (χ1n) is 7.57. The van der Waals surface area contributed by atoms with E-state index < -0.39 is 24.0 Å². The molecular weight excluding hydrogens is 305 g/mol. The molecule has 3 rings (SSSR count). The Bertz CT molecular complexity index is 694. The van der Waals surface area contributed by atoms with E-state index in [2.05, 4.69) is 11.6 Å². The van der Waals surface area contributed by atoms with Crippen LogP contribution in [-0.4, -0.2) is 23.6 Å². The first-order chi connectivity index (χ1) is 10.5. The molecule has 0 aromatic carbocycles. The zero-order valence-corrected chi connectivity index (χ0v) is 13.4. The maximum Gasteiger partial charge on any atom is 0.406 e. The van der Waals surface area contributed by atoms with Crippen molar-refractivity contribution < 1.29 is 18.0 Å². The van der Waals surface area contributed by atoms with Crippen LogP contribution in [0.25, 0.3) is 0 Å². The van der Waals surface area contributed by atoms with E-state index in [1.54, 1.807) is 26.1 Å². The quantitative estimate of drug-likeness (QED) is 0.789. The third kappa shape index (κ3) is 2.64. The van der Waals surface area contributed by atoms with Gasteiger partial charge in [-0.25, -0.2) is 0 Å². The van der Waals surface area contributed by atoms with Gasteiger partial charge in [0.15, 0.2) is 0 Å². The summed E-state index contributed by atoms with van der Waals surface area (Å²) in [6, 6.07) is 1.70. The van der Waals surface area contributed by atoms with Crippen molar-refractivity contribution in [3.8, 4) is 0 Å². The minimum atomic E-state index is -4.44. The Labute approximate surface area is 133 Å². The van der Waals surface area contributed by atoms with Gasteiger partial charge in [0.05, 0.1) is 16.8 Å². The van der Waals surface area contributed by atoms with Crippen LogP contribution in [0.2, 0.25) is 0 Å². The van der Waals surface area contributed by atoms with Gasteiger partial charge in [0.1, 0.15) is 6.54 Å². The summed E-state index contributed by atoms with van der Waals surface area (Å²) >= 11 is 0. The molecule has 6 heteroatoms. The summed E-state index contributed by atoms with van der Waals surface area (Å²) in [6.07, 6.45) is -1.81. The van der Waals surface area contributed by atoms with E-state index in [1.165, 1.54) is 0 Å². The summed E-state index contributed by atoms with van der Waals surface area (Å²) in [5.74, 6) is 0.0506. The van der Waals surface area contributed by atoms with Crippen molar-refractivity contribution in [1.29, 1.82) is 0 Å².